The molecule has 3 heterocycles. The zero-order chi connectivity index (χ0) is 24.1. The van der Waals surface area contributed by atoms with Crippen molar-refractivity contribution in [2.75, 3.05) is 17.8 Å². The Kier molecular flexibility index (Phi) is 5.61. The quantitative estimate of drug-likeness (QED) is 0.309. The van der Waals surface area contributed by atoms with Gasteiger partial charge in [-0.15, -0.1) is 16.9 Å². The third-order valence-electron chi connectivity index (χ3n) is 6.60. The molecule has 2 aliphatic rings. The molecule has 4 aromatic rings. The normalized spacial score (nSPS) is 18.3. The molecule has 0 unspecified atom stereocenters. The van der Waals surface area contributed by atoms with Gasteiger partial charge in [0.2, 0.25) is 11.1 Å². The van der Waals surface area contributed by atoms with Crippen LogP contribution in [0.5, 0.6) is 5.75 Å². The van der Waals surface area contributed by atoms with E-state index in [4.69, 9.17) is 14.8 Å². The Bertz CT molecular complexity index is 1440. The number of benzene rings is 3. The summed E-state index contributed by atoms with van der Waals surface area (Å²) in [7, 11) is 0. The minimum Gasteiger partial charge on any atom is -0.480 e. The number of aryl methyl sites for hydroxylation is 2. The van der Waals surface area contributed by atoms with Crippen LogP contribution < -0.4 is 10.1 Å². The van der Waals surface area contributed by atoms with E-state index in [2.05, 4.69) is 92.2 Å². The van der Waals surface area contributed by atoms with E-state index in [0.717, 1.165) is 44.8 Å². The van der Waals surface area contributed by atoms with E-state index in [0.29, 0.717) is 0 Å². The van der Waals surface area contributed by atoms with E-state index in [1.165, 1.54) is 16.0 Å². The second-order valence-electron chi connectivity index (χ2n) is 8.91. The fourth-order valence-corrected chi connectivity index (χ4v) is 5.59. The zero-order valence-electron chi connectivity index (χ0n) is 20.1. The van der Waals surface area contributed by atoms with Gasteiger partial charge < -0.3 is 10.1 Å². The molecule has 7 heteroatoms. The molecule has 0 amide bonds. The first-order valence-corrected chi connectivity index (χ1v) is 14.0. The topological polar surface area (TPSA) is 52.0 Å². The number of hydrogen-bond donors (Lipinski definition) is 1. The minimum atomic E-state index is -0.259. The number of nitrogens with zero attached hydrogens (tertiary/aromatic N) is 3. The van der Waals surface area contributed by atoms with Crippen LogP contribution in [0.25, 0.3) is 5.70 Å². The van der Waals surface area contributed by atoms with Crippen LogP contribution >= 0.6 is 23.5 Å². The number of fused-ring (bicyclic) bond motifs is 3. The monoisotopic (exact) mass is 498 g/mol. The number of nitrogens with one attached hydrogen (secondary N) is 1. The molecular weight excluding hydrogens is 472 g/mol. The molecule has 3 aromatic carbocycles. The van der Waals surface area contributed by atoms with Crippen LogP contribution in [-0.4, -0.2) is 27.3 Å². The van der Waals surface area contributed by atoms with E-state index in [1.54, 1.807) is 23.5 Å². The Morgan fingerprint density at radius 3 is 2.29 bits per heavy atom. The highest BCUT2D eigenvalue weighted by Crippen LogP contribution is 2.51. The number of ether oxygens (including phenoxy) is 1. The number of hydrogen-bond acceptors (Lipinski definition) is 6. The van der Waals surface area contributed by atoms with Gasteiger partial charge in [0.05, 0.1) is 5.70 Å². The van der Waals surface area contributed by atoms with Crippen LogP contribution in [-0.2, 0) is 0 Å². The van der Waals surface area contributed by atoms with Crippen molar-refractivity contribution in [1.29, 1.82) is 0 Å². The van der Waals surface area contributed by atoms with Crippen molar-refractivity contribution in [2.24, 2.45) is 0 Å². The lowest BCUT2D eigenvalue weighted by molar-refractivity contribution is 0.223. The smallest absolute Gasteiger partial charge is 0.227 e. The molecule has 0 aliphatic carbocycles. The van der Waals surface area contributed by atoms with Gasteiger partial charge >= 0.3 is 0 Å². The van der Waals surface area contributed by atoms with Gasteiger partial charge in [-0.2, -0.15) is 4.98 Å². The predicted octanol–water partition coefficient (Wildman–Crippen LogP) is 6.90. The van der Waals surface area contributed by atoms with Crippen LogP contribution in [0.1, 0.15) is 40.0 Å². The van der Waals surface area contributed by atoms with Crippen LogP contribution in [0.2, 0.25) is 0 Å². The van der Waals surface area contributed by atoms with Gasteiger partial charge in [0.25, 0.3) is 0 Å². The maximum atomic E-state index is 6.77. The lowest BCUT2D eigenvalue weighted by Crippen LogP contribution is -2.32. The predicted molar refractivity (Wildman–Crippen MR) is 144 cm³/mol. The molecule has 2 aliphatic heterocycles. The Morgan fingerprint density at radius 1 is 0.857 bits per heavy atom. The second-order valence-corrected chi connectivity index (χ2v) is 10.6. The molecule has 2 atom stereocenters. The van der Waals surface area contributed by atoms with Crippen molar-refractivity contribution in [3.63, 3.8) is 0 Å². The summed E-state index contributed by atoms with van der Waals surface area (Å²) < 4.78 is 8.78. The Hall–Kier alpha value is -3.16. The first-order valence-electron chi connectivity index (χ1n) is 11.6. The zero-order valence-corrected chi connectivity index (χ0v) is 21.7. The molecule has 1 N–H and O–H groups in total. The average molecular weight is 499 g/mol. The van der Waals surface area contributed by atoms with E-state index in [-0.39, 0.29) is 12.1 Å². The van der Waals surface area contributed by atoms with Crippen molar-refractivity contribution < 1.29 is 4.74 Å². The summed E-state index contributed by atoms with van der Waals surface area (Å²) in [6, 6.07) is 23.6. The molecule has 0 fully saturated rings. The molecule has 0 radical (unpaired) electrons. The lowest BCUT2D eigenvalue weighted by atomic mass is 9.84. The van der Waals surface area contributed by atoms with Gasteiger partial charge in [0.15, 0.2) is 0 Å². The number of aromatic nitrogens is 3. The molecule has 0 saturated carbocycles. The van der Waals surface area contributed by atoms with E-state index < -0.39 is 0 Å². The van der Waals surface area contributed by atoms with Crippen LogP contribution in [0.4, 0.5) is 5.95 Å². The van der Waals surface area contributed by atoms with Crippen LogP contribution in [0.3, 0.4) is 0 Å². The molecule has 35 heavy (non-hydrogen) atoms. The fraction of sp³-hybridized carbons (Fsp3) is 0.214. The highest BCUT2D eigenvalue weighted by molar-refractivity contribution is 7.98. The van der Waals surface area contributed by atoms with Crippen LogP contribution in [0, 0.1) is 13.8 Å². The first-order chi connectivity index (χ1) is 17.1. The summed E-state index contributed by atoms with van der Waals surface area (Å²) >= 11 is 3.29. The van der Waals surface area contributed by atoms with Crippen molar-refractivity contribution in [3.05, 3.63) is 100 Å². The first kappa shape index (κ1) is 22.3. The molecule has 176 valence electrons. The van der Waals surface area contributed by atoms with Gasteiger partial charge in [-0.05, 0) is 61.8 Å². The summed E-state index contributed by atoms with van der Waals surface area (Å²) in [6.45, 7) is 4.23. The molecule has 5 nitrogen and oxygen atoms in total. The highest BCUT2D eigenvalue weighted by atomic mass is 32.2. The molecule has 6 rings (SSSR count). The standard InChI is InChI=1S/C28H26N4OS2/c1-16-5-8-18(9-6-16)25-23-24(29-27-30-28(35-4)31-32(25)27)21-15-17(2)7-14-22(21)33-26(23)19-10-12-20(34-3)13-11-19/h5-15,25-26H,1-4H3,(H,29,30,31)/t25-,26-/m0/s1. The molecular formula is C28H26N4OS2. The summed E-state index contributed by atoms with van der Waals surface area (Å²) in [5, 5.41) is 9.27. The Morgan fingerprint density at radius 2 is 1.57 bits per heavy atom. The highest BCUT2D eigenvalue weighted by Gasteiger charge is 2.41. The minimum absolute atomic E-state index is 0.144. The third-order valence-corrected chi connectivity index (χ3v) is 7.88. The summed E-state index contributed by atoms with van der Waals surface area (Å²) in [5.41, 5.74) is 7.97. The molecule has 1 aromatic heterocycles. The fourth-order valence-electron chi connectivity index (χ4n) is 4.83. The Labute approximate surface area is 214 Å². The molecule has 0 bridgehead atoms. The summed E-state index contributed by atoms with van der Waals surface area (Å²) in [6.07, 6.45) is 3.84. The lowest BCUT2D eigenvalue weighted by Gasteiger charge is -2.39. The van der Waals surface area contributed by atoms with Gasteiger partial charge in [-0.1, -0.05) is 65.4 Å². The van der Waals surface area contributed by atoms with Gasteiger partial charge in [0, 0.05) is 16.0 Å². The molecule has 0 saturated heterocycles. The summed E-state index contributed by atoms with van der Waals surface area (Å²) in [5.74, 6) is 1.63. The van der Waals surface area contributed by atoms with Crippen molar-refractivity contribution in [1.82, 2.24) is 14.8 Å². The number of anilines is 1. The van der Waals surface area contributed by atoms with Crippen molar-refractivity contribution >= 4 is 35.2 Å². The maximum Gasteiger partial charge on any atom is 0.227 e. The number of thioether (sulfide) groups is 2. The van der Waals surface area contributed by atoms with Gasteiger partial charge in [-0.3, -0.25) is 0 Å². The Balaban J connectivity index is 1.62. The van der Waals surface area contributed by atoms with Gasteiger partial charge in [0.1, 0.15) is 17.9 Å². The largest absolute Gasteiger partial charge is 0.480 e. The van der Waals surface area contributed by atoms with E-state index in [1.807, 2.05) is 10.9 Å². The SMILES string of the molecule is CSc1ccc([C@@H]2Oc3ccc(C)cc3C3=C2[C@H](c2ccc(C)cc2)n2nc(SC)nc2N3)cc1. The maximum absolute atomic E-state index is 6.77. The van der Waals surface area contributed by atoms with Crippen LogP contribution in [0.15, 0.2) is 82.4 Å². The van der Waals surface area contributed by atoms with E-state index >= 15 is 0 Å². The average Bonchev–Trinajstić information content (AvgIpc) is 3.31. The molecule has 0 spiro atoms. The van der Waals surface area contributed by atoms with Crippen molar-refractivity contribution in [2.45, 2.75) is 36.0 Å². The number of rotatable bonds is 4. The van der Waals surface area contributed by atoms with E-state index in [9.17, 15) is 0 Å². The van der Waals surface area contributed by atoms with Crippen molar-refractivity contribution in [3.8, 4) is 5.75 Å². The second kappa shape index (κ2) is 8.81. The van der Waals surface area contributed by atoms with Gasteiger partial charge in [-0.25, -0.2) is 4.68 Å². The summed E-state index contributed by atoms with van der Waals surface area (Å²) in [4.78, 5) is 6.03. The third kappa shape index (κ3) is 3.83.